The van der Waals surface area contributed by atoms with Gasteiger partial charge in [-0.05, 0) is 42.0 Å². The Labute approximate surface area is 129 Å². The van der Waals surface area contributed by atoms with Gasteiger partial charge >= 0.3 is 0 Å². The number of hydrogen-bond donors (Lipinski definition) is 0. The summed E-state index contributed by atoms with van der Waals surface area (Å²) in [6.07, 6.45) is 5.71. The van der Waals surface area contributed by atoms with Crippen molar-refractivity contribution in [2.75, 3.05) is 7.11 Å². The van der Waals surface area contributed by atoms with Crippen molar-refractivity contribution in [2.45, 2.75) is 6.42 Å². The van der Waals surface area contributed by atoms with E-state index in [1.807, 2.05) is 59.3 Å². The molecule has 0 fully saturated rings. The van der Waals surface area contributed by atoms with E-state index >= 15 is 0 Å². The first-order chi connectivity index (χ1) is 10.8. The molecule has 0 saturated heterocycles. The predicted octanol–water partition coefficient (Wildman–Crippen LogP) is 3.31. The molecule has 4 heteroatoms. The molecule has 0 unspecified atom stereocenters. The van der Waals surface area contributed by atoms with Crippen LogP contribution in [0.15, 0.2) is 67.3 Å². The molecule has 0 saturated carbocycles. The molecule has 22 heavy (non-hydrogen) atoms. The lowest BCUT2D eigenvalue weighted by atomic mass is 10.0. The first-order valence-electron chi connectivity index (χ1n) is 7.01. The van der Waals surface area contributed by atoms with Crippen molar-refractivity contribution in [3.63, 3.8) is 0 Å². The lowest BCUT2D eigenvalue weighted by Crippen LogP contribution is -2.04. The molecule has 2 aromatic carbocycles. The summed E-state index contributed by atoms with van der Waals surface area (Å²) in [5.74, 6) is 0.892. The van der Waals surface area contributed by atoms with E-state index in [0.29, 0.717) is 12.0 Å². The van der Waals surface area contributed by atoms with Crippen molar-refractivity contribution in [2.24, 2.45) is 0 Å². The molecule has 0 atom stereocenters. The molecule has 0 aliphatic carbocycles. The van der Waals surface area contributed by atoms with Gasteiger partial charge in [0.15, 0.2) is 5.78 Å². The number of aromatic nitrogens is 2. The lowest BCUT2D eigenvalue weighted by Gasteiger charge is -2.05. The van der Waals surface area contributed by atoms with Crippen LogP contribution in [0.2, 0.25) is 0 Å². The first kappa shape index (κ1) is 14.1. The minimum Gasteiger partial charge on any atom is -0.497 e. The van der Waals surface area contributed by atoms with Crippen molar-refractivity contribution in [1.29, 1.82) is 0 Å². The lowest BCUT2D eigenvalue weighted by molar-refractivity contribution is 0.0993. The Balaban J connectivity index is 1.71. The van der Waals surface area contributed by atoms with Crippen LogP contribution in [0, 0.1) is 0 Å². The zero-order valence-electron chi connectivity index (χ0n) is 12.3. The second kappa shape index (κ2) is 6.26. The van der Waals surface area contributed by atoms with E-state index in [4.69, 9.17) is 4.74 Å². The molecular weight excluding hydrogens is 276 g/mol. The van der Waals surface area contributed by atoms with Gasteiger partial charge in [-0.1, -0.05) is 12.1 Å². The molecule has 0 spiro atoms. The molecular formula is C18H16N2O2. The summed E-state index contributed by atoms with van der Waals surface area (Å²) < 4.78 is 7.02. The predicted molar refractivity (Wildman–Crippen MR) is 84.6 cm³/mol. The van der Waals surface area contributed by atoms with Crippen LogP contribution in [-0.4, -0.2) is 22.4 Å². The highest BCUT2D eigenvalue weighted by atomic mass is 16.5. The Morgan fingerprint density at radius 2 is 1.82 bits per heavy atom. The second-order valence-corrected chi connectivity index (χ2v) is 4.96. The molecule has 110 valence electrons. The Morgan fingerprint density at radius 1 is 1.09 bits per heavy atom. The fourth-order valence-corrected chi connectivity index (χ4v) is 2.26. The monoisotopic (exact) mass is 292 g/mol. The maximum Gasteiger partial charge on any atom is 0.167 e. The average molecular weight is 292 g/mol. The highest BCUT2D eigenvalue weighted by Crippen LogP contribution is 2.15. The normalized spacial score (nSPS) is 10.4. The van der Waals surface area contributed by atoms with Crippen LogP contribution in [0.3, 0.4) is 0 Å². The van der Waals surface area contributed by atoms with Gasteiger partial charge in [-0.25, -0.2) is 4.98 Å². The largest absolute Gasteiger partial charge is 0.497 e. The van der Waals surface area contributed by atoms with Crippen LogP contribution in [0.1, 0.15) is 15.9 Å². The molecule has 3 rings (SSSR count). The highest BCUT2D eigenvalue weighted by molar-refractivity contribution is 5.97. The number of ether oxygens (including phenoxy) is 1. The van der Waals surface area contributed by atoms with E-state index in [1.165, 1.54) is 0 Å². The quantitative estimate of drug-likeness (QED) is 0.678. The summed E-state index contributed by atoms with van der Waals surface area (Å²) in [6.45, 7) is 0. The van der Waals surface area contributed by atoms with E-state index in [-0.39, 0.29) is 5.78 Å². The number of carbonyl (C=O) groups is 1. The fraction of sp³-hybridized carbons (Fsp3) is 0.111. The van der Waals surface area contributed by atoms with Crippen molar-refractivity contribution in [3.8, 4) is 11.4 Å². The second-order valence-electron chi connectivity index (χ2n) is 4.96. The zero-order chi connectivity index (χ0) is 15.4. The van der Waals surface area contributed by atoms with Crippen molar-refractivity contribution in [1.82, 2.24) is 9.55 Å². The molecule has 1 heterocycles. The van der Waals surface area contributed by atoms with E-state index in [2.05, 4.69) is 4.98 Å². The minimum atomic E-state index is 0.0994. The van der Waals surface area contributed by atoms with Crippen molar-refractivity contribution < 1.29 is 9.53 Å². The molecule has 4 nitrogen and oxygen atoms in total. The molecule has 1 aromatic heterocycles. The number of methoxy groups -OCH3 is 1. The van der Waals surface area contributed by atoms with Gasteiger partial charge in [-0.3, -0.25) is 4.79 Å². The molecule has 0 amide bonds. The number of nitrogens with zero attached hydrogens (tertiary/aromatic N) is 2. The summed E-state index contributed by atoms with van der Waals surface area (Å²) in [6, 6.07) is 15.1. The van der Waals surface area contributed by atoms with Crippen LogP contribution >= 0.6 is 0 Å². The molecule has 0 radical (unpaired) electrons. The van der Waals surface area contributed by atoms with Gasteiger partial charge in [-0.2, -0.15) is 0 Å². The third-order valence-corrected chi connectivity index (χ3v) is 3.52. The van der Waals surface area contributed by atoms with Crippen molar-refractivity contribution in [3.05, 3.63) is 78.4 Å². The maximum atomic E-state index is 12.3. The smallest absolute Gasteiger partial charge is 0.167 e. The van der Waals surface area contributed by atoms with E-state index < -0.39 is 0 Å². The van der Waals surface area contributed by atoms with Gasteiger partial charge in [0.05, 0.1) is 13.4 Å². The summed E-state index contributed by atoms with van der Waals surface area (Å²) in [7, 11) is 1.63. The summed E-state index contributed by atoms with van der Waals surface area (Å²) >= 11 is 0. The Kier molecular flexibility index (Phi) is 4.01. The van der Waals surface area contributed by atoms with Gasteiger partial charge < -0.3 is 9.30 Å². The highest BCUT2D eigenvalue weighted by Gasteiger charge is 2.07. The number of hydrogen-bond acceptors (Lipinski definition) is 3. The minimum absolute atomic E-state index is 0.0994. The van der Waals surface area contributed by atoms with E-state index in [9.17, 15) is 4.79 Å². The summed E-state index contributed by atoms with van der Waals surface area (Å²) in [5, 5.41) is 0. The zero-order valence-corrected chi connectivity index (χ0v) is 12.3. The number of carbonyl (C=O) groups excluding carboxylic acids is 1. The van der Waals surface area contributed by atoms with Gasteiger partial charge in [0, 0.05) is 30.1 Å². The Bertz CT molecular complexity index is 745. The molecule has 0 bridgehead atoms. The van der Waals surface area contributed by atoms with Crippen LogP contribution < -0.4 is 4.74 Å². The van der Waals surface area contributed by atoms with Gasteiger partial charge in [-0.15, -0.1) is 0 Å². The SMILES string of the molecule is COc1ccc(CC(=O)c2ccc(-n3ccnc3)cc2)cc1. The summed E-state index contributed by atoms with van der Waals surface area (Å²) in [4.78, 5) is 16.3. The van der Waals surface area contributed by atoms with Crippen LogP contribution in [0.25, 0.3) is 5.69 Å². The number of ketones is 1. The van der Waals surface area contributed by atoms with Crippen LogP contribution in [0.5, 0.6) is 5.75 Å². The third-order valence-electron chi connectivity index (χ3n) is 3.52. The Hall–Kier alpha value is -2.88. The van der Waals surface area contributed by atoms with Crippen molar-refractivity contribution >= 4 is 5.78 Å². The van der Waals surface area contributed by atoms with Gasteiger partial charge in [0.1, 0.15) is 5.75 Å². The van der Waals surface area contributed by atoms with Crippen LogP contribution in [-0.2, 0) is 6.42 Å². The summed E-state index contributed by atoms with van der Waals surface area (Å²) in [5.41, 5.74) is 2.67. The third kappa shape index (κ3) is 3.06. The van der Waals surface area contributed by atoms with Gasteiger partial charge in [0.25, 0.3) is 0 Å². The molecule has 0 N–H and O–H groups in total. The molecule has 3 aromatic rings. The number of benzene rings is 2. The number of rotatable bonds is 5. The molecule has 0 aliphatic heterocycles. The van der Waals surface area contributed by atoms with E-state index in [0.717, 1.165) is 17.0 Å². The fourth-order valence-electron chi connectivity index (χ4n) is 2.26. The molecule has 0 aliphatic rings. The number of Topliss-reactive ketones (excluding diaryl/α,β-unsaturated/α-hetero) is 1. The Morgan fingerprint density at radius 3 is 2.41 bits per heavy atom. The maximum absolute atomic E-state index is 12.3. The van der Waals surface area contributed by atoms with Crippen LogP contribution in [0.4, 0.5) is 0 Å². The first-order valence-corrected chi connectivity index (χ1v) is 7.01. The van der Waals surface area contributed by atoms with E-state index in [1.54, 1.807) is 19.6 Å². The topological polar surface area (TPSA) is 44.1 Å². The standard InChI is InChI=1S/C18H16N2O2/c1-22-17-8-2-14(3-9-17)12-18(21)15-4-6-16(7-5-15)20-11-10-19-13-20/h2-11,13H,12H2,1H3. The van der Waals surface area contributed by atoms with Gasteiger partial charge in [0.2, 0.25) is 0 Å². The number of imidazole rings is 1. The average Bonchev–Trinajstić information content (AvgIpc) is 3.10.